The standard InChI is InChI=1S/C22H43N2/c1-4-7-10-12-15-18-23-20-21-24(19-16-13-11-8-5-2)22(23)17-14-9-6-3/h20-21H,4-19H2,1-3H3/q+1. The van der Waals surface area contributed by atoms with E-state index in [0.29, 0.717) is 0 Å². The van der Waals surface area contributed by atoms with E-state index in [9.17, 15) is 0 Å². The van der Waals surface area contributed by atoms with Crippen molar-refractivity contribution in [3.8, 4) is 0 Å². The van der Waals surface area contributed by atoms with Crippen LogP contribution in [0.1, 0.15) is 110 Å². The summed E-state index contributed by atoms with van der Waals surface area (Å²) in [7, 11) is 0. The molecule has 0 aliphatic rings. The van der Waals surface area contributed by atoms with Crippen molar-refractivity contribution in [2.75, 3.05) is 0 Å². The van der Waals surface area contributed by atoms with Crippen molar-refractivity contribution in [1.82, 2.24) is 4.57 Å². The van der Waals surface area contributed by atoms with Gasteiger partial charge >= 0.3 is 0 Å². The summed E-state index contributed by atoms with van der Waals surface area (Å²) in [6.45, 7) is 9.32. The highest BCUT2D eigenvalue weighted by Gasteiger charge is 2.16. The van der Waals surface area contributed by atoms with Gasteiger partial charge in [0.1, 0.15) is 12.4 Å². The number of hydrogen-bond donors (Lipinski definition) is 0. The third-order valence-electron chi connectivity index (χ3n) is 5.10. The summed E-state index contributed by atoms with van der Waals surface area (Å²) in [4.78, 5) is 0. The Morgan fingerprint density at radius 1 is 0.708 bits per heavy atom. The molecule has 1 rings (SSSR count). The maximum Gasteiger partial charge on any atom is 0.256 e. The number of unbranched alkanes of at least 4 members (excludes halogenated alkanes) is 10. The van der Waals surface area contributed by atoms with Gasteiger partial charge in [0.25, 0.3) is 5.82 Å². The second-order valence-corrected chi connectivity index (χ2v) is 7.39. The van der Waals surface area contributed by atoms with Gasteiger partial charge in [0.15, 0.2) is 0 Å². The topological polar surface area (TPSA) is 8.81 Å². The zero-order chi connectivity index (χ0) is 17.5. The molecule has 0 aliphatic heterocycles. The zero-order valence-corrected chi connectivity index (χ0v) is 16.9. The highest BCUT2D eigenvalue weighted by atomic mass is 15.1. The number of imidazole rings is 1. The Balaban J connectivity index is 2.48. The van der Waals surface area contributed by atoms with E-state index in [1.807, 2.05) is 0 Å². The van der Waals surface area contributed by atoms with Crippen LogP contribution < -0.4 is 4.57 Å². The molecular weight excluding hydrogens is 292 g/mol. The summed E-state index contributed by atoms with van der Waals surface area (Å²) >= 11 is 0. The molecule has 140 valence electrons. The smallest absolute Gasteiger partial charge is 0.234 e. The van der Waals surface area contributed by atoms with Crippen LogP contribution in [0.4, 0.5) is 0 Å². The van der Waals surface area contributed by atoms with Gasteiger partial charge in [-0.3, -0.25) is 0 Å². The van der Waals surface area contributed by atoms with Crippen molar-refractivity contribution in [1.29, 1.82) is 0 Å². The Morgan fingerprint density at radius 2 is 1.29 bits per heavy atom. The molecule has 0 bridgehead atoms. The van der Waals surface area contributed by atoms with E-state index >= 15 is 0 Å². The molecule has 0 radical (unpaired) electrons. The van der Waals surface area contributed by atoms with Gasteiger partial charge < -0.3 is 0 Å². The fourth-order valence-corrected chi connectivity index (χ4v) is 3.50. The van der Waals surface area contributed by atoms with Gasteiger partial charge in [0.2, 0.25) is 0 Å². The normalized spacial score (nSPS) is 11.3. The number of aryl methyl sites for hydroxylation is 2. The van der Waals surface area contributed by atoms with Crippen LogP contribution in [0.3, 0.4) is 0 Å². The lowest BCUT2D eigenvalue weighted by atomic mass is 10.1. The lowest BCUT2D eigenvalue weighted by molar-refractivity contribution is -0.704. The summed E-state index contributed by atoms with van der Waals surface area (Å²) < 4.78 is 5.10. The van der Waals surface area contributed by atoms with Crippen molar-refractivity contribution < 1.29 is 4.57 Å². The minimum atomic E-state index is 1.22. The number of aromatic nitrogens is 2. The van der Waals surface area contributed by atoms with Crippen molar-refractivity contribution in [3.63, 3.8) is 0 Å². The first kappa shape index (κ1) is 21.3. The SMILES string of the molecule is CCCCCCCn1cc[n+](CCCCCCC)c1CCCCC. The van der Waals surface area contributed by atoms with E-state index in [-0.39, 0.29) is 0 Å². The molecule has 1 aromatic rings. The van der Waals surface area contributed by atoms with E-state index in [0.717, 1.165) is 0 Å². The van der Waals surface area contributed by atoms with Crippen molar-refractivity contribution >= 4 is 0 Å². The molecule has 0 saturated heterocycles. The van der Waals surface area contributed by atoms with Crippen molar-refractivity contribution in [2.45, 2.75) is 124 Å². The Labute approximate surface area is 151 Å². The predicted octanol–water partition coefficient (Wildman–Crippen LogP) is 6.45. The van der Waals surface area contributed by atoms with E-state index in [2.05, 4.69) is 42.3 Å². The van der Waals surface area contributed by atoms with Gasteiger partial charge in [0.05, 0.1) is 13.1 Å². The Bertz CT molecular complexity index is 363. The number of nitrogens with zero attached hydrogens (tertiary/aromatic N) is 2. The highest BCUT2D eigenvalue weighted by molar-refractivity contribution is 4.84. The fraction of sp³-hybridized carbons (Fsp3) is 0.864. The van der Waals surface area contributed by atoms with Gasteiger partial charge in [-0.15, -0.1) is 0 Å². The summed E-state index contributed by atoms with van der Waals surface area (Å²) in [6.07, 6.45) is 23.7. The van der Waals surface area contributed by atoms with Gasteiger partial charge in [-0.25, -0.2) is 9.13 Å². The lowest BCUT2D eigenvalue weighted by Gasteiger charge is -2.06. The van der Waals surface area contributed by atoms with E-state index in [1.165, 1.54) is 103 Å². The largest absolute Gasteiger partial charge is 0.256 e. The second kappa shape index (κ2) is 14.5. The van der Waals surface area contributed by atoms with Gasteiger partial charge in [-0.2, -0.15) is 0 Å². The molecule has 0 spiro atoms. The van der Waals surface area contributed by atoms with Crippen LogP contribution in [0.2, 0.25) is 0 Å². The molecule has 0 aliphatic carbocycles. The molecule has 0 unspecified atom stereocenters. The fourth-order valence-electron chi connectivity index (χ4n) is 3.50. The first-order chi connectivity index (χ1) is 11.8. The molecule has 0 aromatic carbocycles. The zero-order valence-electron chi connectivity index (χ0n) is 16.9. The first-order valence-corrected chi connectivity index (χ1v) is 10.9. The first-order valence-electron chi connectivity index (χ1n) is 10.9. The third-order valence-corrected chi connectivity index (χ3v) is 5.10. The number of rotatable bonds is 16. The molecule has 2 nitrogen and oxygen atoms in total. The van der Waals surface area contributed by atoms with E-state index < -0.39 is 0 Å². The van der Waals surface area contributed by atoms with Crippen molar-refractivity contribution in [2.24, 2.45) is 0 Å². The number of hydrogen-bond acceptors (Lipinski definition) is 0. The van der Waals surface area contributed by atoms with Crippen LogP contribution in [0, 0.1) is 0 Å². The summed E-state index contributed by atoms with van der Waals surface area (Å²) in [5.41, 5.74) is 0. The Hall–Kier alpha value is -0.790. The van der Waals surface area contributed by atoms with E-state index in [1.54, 1.807) is 5.82 Å². The molecule has 0 amide bonds. The minimum absolute atomic E-state index is 1.22. The summed E-state index contributed by atoms with van der Waals surface area (Å²) in [6, 6.07) is 0. The molecule has 2 heteroatoms. The summed E-state index contributed by atoms with van der Waals surface area (Å²) in [5.74, 6) is 1.58. The Kier molecular flexibility index (Phi) is 12.9. The third kappa shape index (κ3) is 8.89. The van der Waals surface area contributed by atoms with Gasteiger partial charge in [-0.1, -0.05) is 72.1 Å². The van der Waals surface area contributed by atoms with Crippen LogP contribution in [0.5, 0.6) is 0 Å². The molecule has 1 heterocycles. The Morgan fingerprint density at radius 3 is 1.96 bits per heavy atom. The molecule has 0 saturated carbocycles. The van der Waals surface area contributed by atoms with E-state index in [4.69, 9.17) is 0 Å². The van der Waals surface area contributed by atoms with Crippen LogP contribution in [-0.4, -0.2) is 4.57 Å². The van der Waals surface area contributed by atoms with Crippen LogP contribution in [0.25, 0.3) is 0 Å². The average Bonchev–Trinajstić information content (AvgIpc) is 2.97. The minimum Gasteiger partial charge on any atom is -0.234 e. The molecule has 0 atom stereocenters. The second-order valence-electron chi connectivity index (χ2n) is 7.39. The van der Waals surface area contributed by atoms with Crippen LogP contribution in [0.15, 0.2) is 12.4 Å². The maximum atomic E-state index is 2.55. The molecule has 24 heavy (non-hydrogen) atoms. The monoisotopic (exact) mass is 335 g/mol. The van der Waals surface area contributed by atoms with Crippen molar-refractivity contribution in [3.05, 3.63) is 18.2 Å². The molecule has 0 N–H and O–H groups in total. The molecule has 1 aromatic heterocycles. The predicted molar refractivity (Wildman–Crippen MR) is 105 cm³/mol. The summed E-state index contributed by atoms with van der Waals surface area (Å²) in [5, 5.41) is 0. The lowest BCUT2D eigenvalue weighted by Crippen LogP contribution is -2.37. The van der Waals surface area contributed by atoms with Crippen LogP contribution in [-0.2, 0) is 19.5 Å². The highest BCUT2D eigenvalue weighted by Crippen LogP contribution is 2.09. The quantitative estimate of drug-likeness (QED) is 0.242. The van der Waals surface area contributed by atoms with Gasteiger partial charge in [0, 0.05) is 6.42 Å². The van der Waals surface area contributed by atoms with Gasteiger partial charge in [-0.05, 0) is 32.1 Å². The maximum absolute atomic E-state index is 2.55. The molecular formula is C22H43N2+. The average molecular weight is 336 g/mol. The molecule has 0 fully saturated rings. The van der Waals surface area contributed by atoms with Crippen LogP contribution >= 0.6 is 0 Å².